The van der Waals surface area contributed by atoms with Crippen molar-refractivity contribution in [2.24, 2.45) is 0 Å². The summed E-state index contributed by atoms with van der Waals surface area (Å²) in [5.41, 5.74) is 2.32. The SMILES string of the molecule is c1ccc2c(c1)ncn2CCNC1CCC1. The fourth-order valence-corrected chi connectivity index (χ4v) is 2.19. The minimum absolute atomic E-state index is 0.773. The second kappa shape index (κ2) is 4.26. The smallest absolute Gasteiger partial charge is 0.0958 e. The zero-order valence-electron chi connectivity index (χ0n) is 9.39. The van der Waals surface area contributed by atoms with Gasteiger partial charge in [-0.25, -0.2) is 4.98 Å². The molecule has 1 aliphatic rings. The number of fused-ring (bicyclic) bond motifs is 1. The molecule has 0 radical (unpaired) electrons. The molecule has 0 aliphatic heterocycles. The summed E-state index contributed by atoms with van der Waals surface area (Å²) in [7, 11) is 0. The predicted molar refractivity (Wildman–Crippen MR) is 65.4 cm³/mol. The standard InChI is InChI=1S/C13H17N3/c1-2-7-13-12(6-1)15-10-16(13)9-8-14-11-4-3-5-11/h1-2,6-7,10-11,14H,3-5,8-9H2. The van der Waals surface area contributed by atoms with E-state index in [0.29, 0.717) is 0 Å². The van der Waals surface area contributed by atoms with Gasteiger partial charge in [-0.2, -0.15) is 0 Å². The van der Waals surface area contributed by atoms with E-state index in [-0.39, 0.29) is 0 Å². The lowest BCUT2D eigenvalue weighted by molar-refractivity contribution is 0.335. The van der Waals surface area contributed by atoms with Gasteiger partial charge in [0.2, 0.25) is 0 Å². The molecule has 0 atom stereocenters. The van der Waals surface area contributed by atoms with Crippen LogP contribution in [0.4, 0.5) is 0 Å². The molecule has 16 heavy (non-hydrogen) atoms. The molecule has 0 amide bonds. The number of hydrogen-bond acceptors (Lipinski definition) is 2. The highest BCUT2D eigenvalue weighted by molar-refractivity contribution is 5.74. The van der Waals surface area contributed by atoms with Crippen LogP contribution in [0.2, 0.25) is 0 Å². The quantitative estimate of drug-likeness (QED) is 0.847. The Kier molecular flexibility index (Phi) is 2.62. The summed E-state index contributed by atoms with van der Waals surface area (Å²) in [6.45, 7) is 2.06. The van der Waals surface area contributed by atoms with Crippen molar-refractivity contribution in [2.75, 3.05) is 6.54 Å². The third-order valence-electron chi connectivity index (χ3n) is 3.42. The Morgan fingerprint density at radius 2 is 2.19 bits per heavy atom. The maximum absolute atomic E-state index is 4.39. The number of hydrogen-bond donors (Lipinski definition) is 1. The van der Waals surface area contributed by atoms with Gasteiger partial charge in [0.05, 0.1) is 17.4 Å². The van der Waals surface area contributed by atoms with Gasteiger partial charge >= 0.3 is 0 Å². The van der Waals surface area contributed by atoms with Crippen LogP contribution in [0.25, 0.3) is 11.0 Å². The van der Waals surface area contributed by atoms with Gasteiger partial charge in [0, 0.05) is 19.1 Å². The molecule has 1 aliphatic carbocycles. The number of nitrogens with zero attached hydrogens (tertiary/aromatic N) is 2. The summed E-state index contributed by atoms with van der Waals surface area (Å²) < 4.78 is 2.22. The molecule has 1 aromatic carbocycles. The van der Waals surface area contributed by atoms with Crippen LogP contribution in [0.15, 0.2) is 30.6 Å². The Morgan fingerprint density at radius 1 is 1.31 bits per heavy atom. The molecule has 0 unspecified atom stereocenters. The number of benzene rings is 1. The van der Waals surface area contributed by atoms with Crippen molar-refractivity contribution < 1.29 is 0 Å². The van der Waals surface area contributed by atoms with E-state index in [4.69, 9.17) is 0 Å². The van der Waals surface area contributed by atoms with Gasteiger partial charge in [-0.1, -0.05) is 18.6 Å². The van der Waals surface area contributed by atoms with Crippen LogP contribution < -0.4 is 5.32 Å². The summed E-state index contributed by atoms with van der Waals surface area (Å²) in [5.74, 6) is 0. The minimum Gasteiger partial charge on any atom is -0.329 e. The van der Waals surface area contributed by atoms with Gasteiger partial charge in [-0.3, -0.25) is 0 Å². The maximum Gasteiger partial charge on any atom is 0.0958 e. The molecule has 1 aromatic heterocycles. The number of rotatable bonds is 4. The van der Waals surface area contributed by atoms with E-state index in [1.807, 2.05) is 12.4 Å². The van der Waals surface area contributed by atoms with E-state index in [1.54, 1.807) is 0 Å². The molecule has 1 heterocycles. The van der Waals surface area contributed by atoms with Gasteiger partial charge in [-0.15, -0.1) is 0 Å². The van der Waals surface area contributed by atoms with Crippen LogP contribution in [0.3, 0.4) is 0 Å². The Bertz CT molecular complexity index is 471. The largest absolute Gasteiger partial charge is 0.329 e. The molecule has 0 saturated heterocycles. The highest BCUT2D eigenvalue weighted by Crippen LogP contribution is 2.17. The Hall–Kier alpha value is -1.35. The van der Waals surface area contributed by atoms with Crippen LogP contribution in [0.5, 0.6) is 0 Å². The second-order valence-electron chi connectivity index (χ2n) is 4.51. The first-order valence-corrected chi connectivity index (χ1v) is 6.07. The average Bonchev–Trinajstić information content (AvgIpc) is 2.65. The predicted octanol–water partition coefficient (Wildman–Crippen LogP) is 2.18. The van der Waals surface area contributed by atoms with Gasteiger partial charge < -0.3 is 9.88 Å². The van der Waals surface area contributed by atoms with Crippen LogP contribution in [0, 0.1) is 0 Å². The lowest BCUT2D eigenvalue weighted by atomic mass is 9.93. The van der Waals surface area contributed by atoms with Crippen molar-refractivity contribution in [3.63, 3.8) is 0 Å². The lowest BCUT2D eigenvalue weighted by Gasteiger charge is -2.26. The summed E-state index contributed by atoms with van der Waals surface area (Å²) in [5, 5.41) is 3.57. The molecule has 0 bridgehead atoms. The number of para-hydroxylation sites is 2. The first kappa shape index (κ1) is 9.85. The summed E-state index contributed by atoms with van der Waals surface area (Å²) in [6.07, 6.45) is 6.04. The van der Waals surface area contributed by atoms with Crippen LogP contribution in [0.1, 0.15) is 19.3 Å². The fourth-order valence-electron chi connectivity index (χ4n) is 2.19. The molecular weight excluding hydrogens is 198 g/mol. The monoisotopic (exact) mass is 215 g/mol. The maximum atomic E-state index is 4.39. The van der Waals surface area contributed by atoms with E-state index in [9.17, 15) is 0 Å². The van der Waals surface area contributed by atoms with Crippen LogP contribution in [-0.4, -0.2) is 22.1 Å². The second-order valence-corrected chi connectivity index (χ2v) is 4.51. The number of nitrogens with one attached hydrogen (secondary N) is 1. The molecule has 1 N–H and O–H groups in total. The molecule has 2 aromatic rings. The minimum atomic E-state index is 0.773. The third kappa shape index (κ3) is 1.83. The van der Waals surface area contributed by atoms with Gasteiger partial charge in [0.25, 0.3) is 0 Å². The van der Waals surface area contributed by atoms with Crippen LogP contribution in [-0.2, 0) is 6.54 Å². The molecule has 1 saturated carbocycles. The highest BCUT2D eigenvalue weighted by atomic mass is 15.1. The van der Waals surface area contributed by atoms with Crippen molar-refractivity contribution in [3.8, 4) is 0 Å². The fraction of sp³-hybridized carbons (Fsp3) is 0.462. The molecule has 3 heteroatoms. The zero-order chi connectivity index (χ0) is 10.8. The first-order valence-electron chi connectivity index (χ1n) is 6.07. The van der Waals surface area contributed by atoms with Gasteiger partial charge in [0.1, 0.15) is 0 Å². The Labute approximate surface area is 95.5 Å². The van der Waals surface area contributed by atoms with E-state index in [1.165, 1.54) is 24.8 Å². The molecule has 84 valence electrons. The van der Waals surface area contributed by atoms with Gasteiger partial charge in [0.15, 0.2) is 0 Å². The summed E-state index contributed by atoms with van der Waals surface area (Å²) >= 11 is 0. The molecule has 1 fully saturated rings. The van der Waals surface area contributed by atoms with E-state index in [0.717, 1.165) is 24.6 Å². The molecule has 3 nitrogen and oxygen atoms in total. The third-order valence-corrected chi connectivity index (χ3v) is 3.42. The Balaban J connectivity index is 1.64. The van der Waals surface area contributed by atoms with E-state index < -0.39 is 0 Å². The number of aromatic nitrogens is 2. The molecule has 3 rings (SSSR count). The lowest BCUT2D eigenvalue weighted by Crippen LogP contribution is -2.36. The van der Waals surface area contributed by atoms with E-state index >= 15 is 0 Å². The normalized spacial score (nSPS) is 16.5. The van der Waals surface area contributed by atoms with Crippen molar-refractivity contribution in [1.29, 1.82) is 0 Å². The number of imidazole rings is 1. The highest BCUT2D eigenvalue weighted by Gasteiger charge is 2.15. The van der Waals surface area contributed by atoms with Crippen molar-refractivity contribution >= 4 is 11.0 Å². The van der Waals surface area contributed by atoms with Crippen molar-refractivity contribution in [1.82, 2.24) is 14.9 Å². The van der Waals surface area contributed by atoms with Crippen LogP contribution >= 0.6 is 0 Å². The summed E-state index contributed by atoms with van der Waals surface area (Å²) in [4.78, 5) is 4.39. The zero-order valence-corrected chi connectivity index (χ0v) is 9.39. The van der Waals surface area contributed by atoms with Crippen molar-refractivity contribution in [2.45, 2.75) is 31.8 Å². The Morgan fingerprint density at radius 3 is 3.00 bits per heavy atom. The first-order chi connectivity index (χ1) is 7.93. The molecule has 0 spiro atoms. The van der Waals surface area contributed by atoms with E-state index in [2.05, 4.69) is 33.1 Å². The summed E-state index contributed by atoms with van der Waals surface area (Å²) in [6, 6.07) is 9.07. The molecular formula is C13H17N3. The average molecular weight is 215 g/mol. The topological polar surface area (TPSA) is 29.9 Å². The van der Waals surface area contributed by atoms with Gasteiger partial charge in [-0.05, 0) is 25.0 Å². The van der Waals surface area contributed by atoms with Crippen molar-refractivity contribution in [3.05, 3.63) is 30.6 Å².